The first kappa shape index (κ1) is 18.0. The zero-order valence-electron chi connectivity index (χ0n) is 13.1. The molecule has 0 aliphatic rings. The van der Waals surface area contributed by atoms with E-state index in [2.05, 4.69) is 23.6 Å². The van der Waals surface area contributed by atoms with Gasteiger partial charge in [-0.1, -0.05) is 19.9 Å². The maximum absolute atomic E-state index is 12.4. The van der Waals surface area contributed by atoms with E-state index in [-0.39, 0.29) is 17.7 Å². The Kier molecular flexibility index (Phi) is 6.73. The van der Waals surface area contributed by atoms with E-state index in [1.165, 1.54) is 12.3 Å². The van der Waals surface area contributed by atoms with Crippen molar-refractivity contribution in [2.45, 2.75) is 37.9 Å². The second-order valence-corrected chi connectivity index (χ2v) is 7.53. The second-order valence-electron chi connectivity index (χ2n) is 5.87. The highest BCUT2D eigenvalue weighted by Gasteiger charge is 2.22. The Morgan fingerprint density at radius 3 is 2.43 bits per heavy atom. The lowest BCUT2D eigenvalue weighted by molar-refractivity contribution is 0.281. The zero-order valence-corrected chi connectivity index (χ0v) is 13.9. The largest absolute Gasteiger partial charge is 0.392 e. The highest BCUT2D eigenvalue weighted by atomic mass is 32.2. The predicted molar refractivity (Wildman–Crippen MR) is 82.3 cm³/mol. The van der Waals surface area contributed by atoms with Gasteiger partial charge in [-0.25, -0.2) is 18.1 Å². The second kappa shape index (κ2) is 7.84. The van der Waals surface area contributed by atoms with Crippen molar-refractivity contribution in [3.8, 4) is 0 Å². The minimum Gasteiger partial charge on any atom is -0.392 e. The van der Waals surface area contributed by atoms with E-state index < -0.39 is 10.0 Å². The number of hydrogen-bond donors (Lipinski definition) is 2. The third kappa shape index (κ3) is 6.09. The van der Waals surface area contributed by atoms with Crippen LogP contribution < -0.4 is 4.72 Å². The Hall–Kier alpha value is -1.02. The highest BCUT2D eigenvalue weighted by molar-refractivity contribution is 7.89. The van der Waals surface area contributed by atoms with E-state index in [4.69, 9.17) is 5.11 Å². The summed E-state index contributed by atoms with van der Waals surface area (Å²) in [6, 6.07) is 2.81. The van der Waals surface area contributed by atoms with Gasteiger partial charge in [-0.2, -0.15) is 0 Å². The van der Waals surface area contributed by atoms with Crippen LogP contribution in [-0.2, 0) is 16.6 Å². The number of nitrogens with one attached hydrogen (secondary N) is 1. The molecule has 6 nitrogen and oxygen atoms in total. The molecular formula is C14H25N3O3S. The number of aliphatic hydroxyl groups is 1. The average Bonchev–Trinajstić information content (AvgIpc) is 2.36. The minimum atomic E-state index is -3.65. The summed E-state index contributed by atoms with van der Waals surface area (Å²) in [5, 5.41) is 8.94. The molecule has 7 heteroatoms. The van der Waals surface area contributed by atoms with E-state index in [0.29, 0.717) is 18.0 Å². The quantitative estimate of drug-likeness (QED) is 0.742. The van der Waals surface area contributed by atoms with E-state index in [9.17, 15) is 8.42 Å². The lowest BCUT2D eigenvalue weighted by atomic mass is 10.0. The smallest absolute Gasteiger partial charge is 0.258 e. The number of pyridine rings is 1. The molecule has 21 heavy (non-hydrogen) atoms. The average molecular weight is 315 g/mol. The first-order valence-corrected chi connectivity index (χ1v) is 8.45. The lowest BCUT2D eigenvalue weighted by Crippen LogP contribution is -2.42. The van der Waals surface area contributed by atoms with Crippen LogP contribution in [0.3, 0.4) is 0 Å². The monoisotopic (exact) mass is 315 g/mol. The normalized spacial score (nSPS) is 13.9. The minimum absolute atomic E-state index is 0.0211. The van der Waals surface area contributed by atoms with Crippen LogP contribution in [0.1, 0.15) is 25.8 Å². The molecule has 0 saturated heterocycles. The van der Waals surface area contributed by atoms with Crippen molar-refractivity contribution >= 4 is 10.0 Å². The molecule has 1 heterocycles. The maximum Gasteiger partial charge on any atom is 0.258 e. The molecule has 0 amide bonds. The van der Waals surface area contributed by atoms with E-state index in [1.54, 1.807) is 6.07 Å². The lowest BCUT2D eigenvalue weighted by Gasteiger charge is -2.23. The number of rotatable bonds is 8. The summed E-state index contributed by atoms with van der Waals surface area (Å²) in [6.45, 7) is 4.60. The van der Waals surface area contributed by atoms with Crippen molar-refractivity contribution in [1.29, 1.82) is 0 Å². The number of sulfonamides is 1. The Morgan fingerprint density at radius 2 is 2.00 bits per heavy atom. The molecule has 1 atom stereocenters. The van der Waals surface area contributed by atoms with Crippen LogP contribution in [0.2, 0.25) is 0 Å². The molecule has 0 aliphatic carbocycles. The van der Waals surface area contributed by atoms with Gasteiger partial charge in [0.1, 0.15) is 0 Å². The van der Waals surface area contributed by atoms with E-state index in [1.807, 2.05) is 19.0 Å². The van der Waals surface area contributed by atoms with Gasteiger partial charge in [-0.3, -0.25) is 0 Å². The van der Waals surface area contributed by atoms with Crippen LogP contribution in [-0.4, -0.2) is 50.1 Å². The number of aromatic nitrogens is 1. The standard InChI is InChI=1S/C14H25N3O3S/c1-11(2)7-13(9-17(3)4)16-21(19,20)14-6-5-12(10-18)8-15-14/h5-6,8,11,13,16,18H,7,9-10H2,1-4H3. The number of nitrogens with zero attached hydrogens (tertiary/aromatic N) is 2. The van der Waals surface area contributed by atoms with E-state index in [0.717, 1.165) is 6.42 Å². The van der Waals surface area contributed by atoms with Gasteiger partial charge in [0.2, 0.25) is 0 Å². The molecule has 0 aromatic carbocycles. The molecule has 0 bridgehead atoms. The van der Waals surface area contributed by atoms with Crippen molar-refractivity contribution in [3.05, 3.63) is 23.9 Å². The number of likely N-dealkylation sites (N-methyl/N-ethyl adjacent to an activating group) is 1. The van der Waals surface area contributed by atoms with Gasteiger partial charge in [-0.05, 0) is 38.1 Å². The topological polar surface area (TPSA) is 82.5 Å². The Balaban J connectivity index is 2.88. The van der Waals surface area contributed by atoms with Gasteiger partial charge >= 0.3 is 0 Å². The summed E-state index contributed by atoms with van der Waals surface area (Å²) < 4.78 is 27.4. The van der Waals surface area contributed by atoms with Crippen LogP contribution in [0.25, 0.3) is 0 Å². The van der Waals surface area contributed by atoms with Gasteiger partial charge < -0.3 is 10.0 Å². The summed E-state index contributed by atoms with van der Waals surface area (Å²) in [5.74, 6) is 0.391. The van der Waals surface area contributed by atoms with Gasteiger partial charge in [-0.15, -0.1) is 0 Å². The maximum atomic E-state index is 12.4. The fourth-order valence-electron chi connectivity index (χ4n) is 2.11. The highest BCUT2D eigenvalue weighted by Crippen LogP contribution is 2.11. The molecule has 2 N–H and O–H groups in total. The molecular weight excluding hydrogens is 290 g/mol. The first-order valence-electron chi connectivity index (χ1n) is 6.97. The predicted octanol–water partition coefficient (Wildman–Crippen LogP) is 0.828. The van der Waals surface area contributed by atoms with E-state index >= 15 is 0 Å². The summed E-state index contributed by atoms with van der Waals surface area (Å²) in [4.78, 5) is 5.86. The van der Waals surface area contributed by atoms with Crippen LogP contribution in [0.4, 0.5) is 0 Å². The molecule has 120 valence electrons. The van der Waals surface area contributed by atoms with Crippen molar-refractivity contribution < 1.29 is 13.5 Å². The number of aliphatic hydroxyl groups excluding tert-OH is 1. The molecule has 0 radical (unpaired) electrons. The van der Waals surface area contributed by atoms with Crippen LogP contribution in [0.5, 0.6) is 0 Å². The molecule has 0 spiro atoms. The van der Waals surface area contributed by atoms with Crippen molar-refractivity contribution in [3.63, 3.8) is 0 Å². The SMILES string of the molecule is CC(C)CC(CN(C)C)NS(=O)(=O)c1ccc(CO)cn1. The fourth-order valence-corrected chi connectivity index (χ4v) is 3.28. The third-order valence-electron chi connectivity index (χ3n) is 2.92. The van der Waals surface area contributed by atoms with Crippen molar-refractivity contribution in [2.24, 2.45) is 5.92 Å². The Morgan fingerprint density at radius 1 is 1.33 bits per heavy atom. The Labute approximate surface area is 127 Å². The summed E-state index contributed by atoms with van der Waals surface area (Å²) in [5.41, 5.74) is 0.584. The number of hydrogen-bond acceptors (Lipinski definition) is 5. The molecule has 1 aromatic heterocycles. The Bertz CT molecular complexity index is 517. The van der Waals surface area contributed by atoms with Gasteiger partial charge in [0.15, 0.2) is 5.03 Å². The summed E-state index contributed by atoms with van der Waals surface area (Å²) >= 11 is 0. The molecule has 1 rings (SSSR count). The fraction of sp³-hybridized carbons (Fsp3) is 0.643. The van der Waals surface area contributed by atoms with Gasteiger partial charge in [0.05, 0.1) is 6.61 Å². The molecule has 0 fully saturated rings. The van der Waals surface area contributed by atoms with Crippen molar-refractivity contribution in [1.82, 2.24) is 14.6 Å². The van der Waals surface area contributed by atoms with Crippen LogP contribution in [0, 0.1) is 5.92 Å². The van der Waals surface area contributed by atoms with Gasteiger partial charge in [0, 0.05) is 18.8 Å². The van der Waals surface area contributed by atoms with Crippen molar-refractivity contribution in [2.75, 3.05) is 20.6 Å². The zero-order chi connectivity index (χ0) is 16.0. The first-order chi connectivity index (χ1) is 9.74. The molecule has 1 aromatic rings. The summed E-state index contributed by atoms with van der Waals surface area (Å²) in [6.07, 6.45) is 2.13. The van der Waals surface area contributed by atoms with Crippen LogP contribution >= 0.6 is 0 Å². The van der Waals surface area contributed by atoms with Crippen LogP contribution in [0.15, 0.2) is 23.4 Å². The molecule has 1 unspecified atom stereocenters. The third-order valence-corrected chi connectivity index (χ3v) is 4.35. The molecule has 0 saturated carbocycles. The molecule has 0 aliphatic heterocycles. The summed E-state index contributed by atoms with van der Waals surface area (Å²) in [7, 11) is 0.180. The van der Waals surface area contributed by atoms with Gasteiger partial charge in [0.25, 0.3) is 10.0 Å².